The molecule has 0 bridgehead atoms. The van der Waals surface area contributed by atoms with Crippen molar-refractivity contribution in [1.82, 2.24) is 19.6 Å². The van der Waals surface area contributed by atoms with Crippen LogP contribution in [-0.4, -0.2) is 199 Å². The number of carbonyl (C=O) groups is 5. The number of phenols is 8. The molecule has 4 aliphatic rings. The standard InChI is InChI=1S/C50H50N10O24/c1-83-21-6-2-19(3-7-21)59-28-23(26(53-59)42(51)70)11-13-56(45(28)73)31-36(64)40(68)33(41(69)37(31)65)58-46(74)47(75,76)14-18(50(58,81)82)16-84-22-8-4-20(5-9-22)60-29-24(27(54-60)43(52)71)10-12-55(44(29)72)30-34(62)38(66)32(39(67)35(30)63)57-17-49(79,80)48(77,78)15-25(57)61/h2-9,18,25,61-69,75-82H,10-17H2,1H3,(H2,51,70)(H2,52,71). The number of ether oxygens (including phenoxy) is 2. The Kier molecular flexibility index (Phi) is 13.4. The number of β-amino-alcohol motifs (C(OH)–C–C–N with tert-alkyl or cyclic N) is 2. The normalized spacial score (nSPS) is 19.7. The van der Waals surface area contributed by atoms with Gasteiger partial charge in [0.25, 0.3) is 35.4 Å². The highest BCUT2D eigenvalue weighted by molar-refractivity contribution is 6.14. The molecule has 2 aromatic heterocycles. The van der Waals surface area contributed by atoms with E-state index in [9.17, 15) is 111 Å². The number of nitrogens with two attached hydrogens (primary N) is 2. The van der Waals surface area contributed by atoms with Crippen LogP contribution >= 0.6 is 0 Å². The summed E-state index contributed by atoms with van der Waals surface area (Å²) < 4.78 is 12.8. The summed E-state index contributed by atoms with van der Waals surface area (Å²) in [5.41, 5.74) is 5.39. The van der Waals surface area contributed by atoms with Crippen molar-refractivity contribution >= 4 is 52.3 Å². The van der Waals surface area contributed by atoms with Crippen LogP contribution in [0.1, 0.15) is 65.9 Å². The van der Waals surface area contributed by atoms with Gasteiger partial charge in [0.2, 0.25) is 17.4 Å². The predicted molar refractivity (Wildman–Crippen MR) is 275 cm³/mol. The molecule has 2 saturated heterocycles. The van der Waals surface area contributed by atoms with E-state index in [1.807, 2.05) is 0 Å². The smallest absolute Gasteiger partial charge is 0.291 e. The van der Waals surface area contributed by atoms with Gasteiger partial charge in [0.05, 0.1) is 44.0 Å². The quantitative estimate of drug-likeness (QED) is 0.0315. The van der Waals surface area contributed by atoms with E-state index in [2.05, 4.69) is 10.2 Å². The second-order valence-corrected chi connectivity index (χ2v) is 20.0. The van der Waals surface area contributed by atoms with E-state index in [1.54, 1.807) is 0 Å². The molecule has 6 aromatic rings. The van der Waals surface area contributed by atoms with E-state index in [-0.39, 0.29) is 57.4 Å². The van der Waals surface area contributed by atoms with Crippen molar-refractivity contribution in [1.29, 1.82) is 0 Å². The lowest BCUT2D eigenvalue weighted by atomic mass is 9.88. The van der Waals surface area contributed by atoms with Gasteiger partial charge in [-0.05, 0) is 61.4 Å². The predicted octanol–water partition coefficient (Wildman–Crippen LogP) is -4.04. The number of piperidine rings is 2. The molecule has 6 heterocycles. The monoisotopic (exact) mass is 1170 g/mol. The second-order valence-electron chi connectivity index (χ2n) is 20.0. The highest BCUT2D eigenvalue weighted by Gasteiger charge is 2.61. The van der Waals surface area contributed by atoms with Crippen LogP contribution in [0.4, 0.5) is 22.7 Å². The SMILES string of the molecule is COc1ccc(-n2nc(C(N)=O)c3c2C(=O)N(c2c(O)c(O)c(N4C(=O)C(O)(O)CC(COc5ccc(-n6nc(C(N)=O)c7c6C(=O)N(c6c(O)c(O)c(N8CC(O)(O)C(O)(O)CC8O)c(O)c6O)CC7)cc5)C4(O)O)c(O)c2O)CC3)cc1. The van der Waals surface area contributed by atoms with Gasteiger partial charge in [-0.15, -0.1) is 0 Å². The molecular formula is C50H50N10O24. The fraction of sp³-hybridized carbons (Fsp3) is 0.300. The van der Waals surface area contributed by atoms with Crippen LogP contribution in [0.2, 0.25) is 0 Å². The number of aliphatic hydroxyl groups excluding tert-OH is 1. The first kappa shape index (κ1) is 57.3. The molecule has 444 valence electrons. The molecule has 0 radical (unpaired) electrons. The molecule has 2 atom stereocenters. The zero-order valence-electron chi connectivity index (χ0n) is 43.1. The average Bonchev–Trinajstić information content (AvgIpc) is 0.946. The minimum Gasteiger partial charge on any atom is -0.503 e. The number of amides is 5. The molecule has 34 heteroatoms. The Morgan fingerprint density at radius 1 is 0.583 bits per heavy atom. The number of anilines is 4. The number of rotatable bonds is 12. The lowest BCUT2D eigenvalue weighted by Gasteiger charge is -2.47. The van der Waals surface area contributed by atoms with Crippen LogP contribution in [-0.2, 0) is 17.6 Å². The van der Waals surface area contributed by atoms with Gasteiger partial charge in [0.15, 0.2) is 57.4 Å². The van der Waals surface area contributed by atoms with E-state index >= 15 is 0 Å². The largest absolute Gasteiger partial charge is 0.503 e. The van der Waals surface area contributed by atoms with Gasteiger partial charge in [-0.1, -0.05) is 0 Å². The number of aliphatic hydroxyl groups is 9. The van der Waals surface area contributed by atoms with Crippen LogP contribution in [0.5, 0.6) is 57.5 Å². The van der Waals surface area contributed by atoms with Crippen molar-refractivity contribution in [3.05, 3.63) is 82.4 Å². The maximum Gasteiger partial charge on any atom is 0.291 e. The van der Waals surface area contributed by atoms with E-state index in [1.165, 1.54) is 55.6 Å². The number of hydrogen-bond donors (Lipinski definition) is 19. The number of aromatic hydroxyl groups is 8. The Bertz CT molecular complexity index is 3730. The van der Waals surface area contributed by atoms with E-state index in [0.29, 0.717) is 20.4 Å². The number of primary amides is 2. The summed E-state index contributed by atoms with van der Waals surface area (Å²) in [4.78, 5) is 68.9. The van der Waals surface area contributed by atoms with Crippen LogP contribution in [0, 0.1) is 5.92 Å². The summed E-state index contributed by atoms with van der Waals surface area (Å²) >= 11 is 0. The lowest BCUT2D eigenvalue weighted by Crippen LogP contribution is -2.69. The van der Waals surface area contributed by atoms with Crippen LogP contribution < -0.4 is 40.5 Å². The molecule has 21 N–H and O–H groups in total. The highest BCUT2D eigenvalue weighted by atomic mass is 16.6. The summed E-state index contributed by atoms with van der Waals surface area (Å²) in [6.07, 6.45) is -5.07. The third kappa shape index (κ3) is 8.66. The van der Waals surface area contributed by atoms with Gasteiger partial charge >= 0.3 is 0 Å². The van der Waals surface area contributed by atoms with Crippen molar-refractivity contribution < 1.29 is 120 Å². The van der Waals surface area contributed by atoms with Crippen molar-refractivity contribution in [2.45, 2.75) is 55.2 Å². The maximum atomic E-state index is 14.4. The van der Waals surface area contributed by atoms with Crippen molar-refractivity contribution in [2.24, 2.45) is 17.4 Å². The topological polar surface area (TPSA) is 548 Å². The average molecular weight is 1170 g/mol. The van der Waals surface area contributed by atoms with Gasteiger partial charge in [-0.3, -0.25) is 33.8 Å². The molecule has 84 heavy (non-hydrogen) atoms. The molecule has 34 nitrogen and oxygen atoms in total. The zero-order chi connectivity index (χ0) is 61.3. The van der Waals surface area contributed by atoms with Crippen molar-refractivity contribution in [3.63, 3.8) is 0 Å². The molecule has 4 aromatic carbocycles. The summed E-state index contributed by atoms with van der Waals surface area (Å²) in [5, 5.41) is 195. The lowest BCUT2D eigenvalue weighted by molar-refractivity contribution is -0.369. The Morgan fingerprint density at radius 3 is 1.40 bits per heavy atom. The minimum atomic E-state index is -3.72. The number of aromatic nitrogens is 4. The molecular weight excluding hydrogens is 1120 g/mol. The molecule has 2 fully saturated rings. The Hall–Kier alpha value is -9.91. The summed E-state index contributed by atoms with van der Waals surface area (Å²) in [7, 11) is 1.40. The Morgan fingerprint density at radius 2 is 0.988 bits per heavy atom. The number of fused-ring (bicyclic) bond motifs is 2. The Balaban J connectivity index is 0.916. The molecule has 0 saturated carbocycles. The van der Waals surface area contributed by atoms with Gasteiger partial charge < -0.3 is 113 Å². The summed E-state index contributed by atoms with van der Waals surface area (Å²) in [5.74, 6) is -33.7. The van der Waals surface area contributed by atoms with E-state index in [0.717, 1.165) is 9.36 Å². The van der Waals surface area contributed by atoms with Gasteiger partial charge in [0.1, 0.15) is 51.9 Å². The van der Waals surface area contributed by atoms with Gasteiger partial charge in [-0.25, -0.2) is 14.3 Å². The van der Waals surface area contributed by atoms with Crippen molar-refractivity contribution in [2.75, 3.05) is 53.0 Å². The zero-order valence-corrected chi connectivity index (χ0v) is 43.1. The first-order valence-corrected chi connectivity index (χ1v) is 24.7. The third-order valence-corrected chi connectivity index (χ3v) is 14.9. The highest BCUT2D eigenvalue weighted by Crippen LogP contribution is 2.60. The molecule has 4 aliphatic heterocycles. The number of methoxy groups -OCH3 is 1. The molecule has 2 unspecified atom stereocenters. The number of phenolic OH excluding ortho intramolecular Hbond substituents is 8. The first-order chi connectivity index (χ1) is 39.3. The van der Waals surface area contributed by atoms with Gasteiger partial charge in [0, 0.05) is 30.6 Å². The fourth-order valence-corrected chi connectivity index (χ4v) is 10.6. The fourth-order valence-electron chi connectivity index (χ4n) is 10.6. The molecule has 0 spiro atoms. The first-order valence-electron chi connectivity index (χ1n) is 24.7. The third-order valence-electron chi connectivity index (χ3n) is 14.9. The summed E-state index contributed by atoms with van der Waals surface area (Å²) in [6, 6.07) is 10.7. The summed E-state index contributed by atoms with van der Waals surface area (Å²) in [6.45, 7) is -3.28. The van der Waals surface area contributed by atoms with E-state index in [4.69, 9.17) is 20.9 Å². The number of nitrogens with zero attached hydrogens (tertiary/aromatic N) is 8. The maximum absolute atomic E-state index is 14.4. The molecule has 5 amide bonds. The van der Waals surface area contributed by atoms with Crippen LogP contribution in [0.3, 0.4) is 0 Å². The van der Waals surface area contributed by atoms with Crippen LogP contribution in [0.15, 0.2) is 48.5 Å². The van der Waals surface area contributed by atoms with Crippen molar-refractivity contribution in [3.8, 4) is 68.9 Å². The second kappa shape index (κ2) is 19.6. The minimum absolute atomic E-state index is 0.0487. The molecule has 10 rings (SSSR count). The number of hydrogen-bond acceptors (Lipinski definition) is 27. The van der Waals surface area contributed by atoms with Crippen LogP contribution in [0.25, 0.3) is 11.4 Å². The number of carbonyl (C=O) groups excluding carboxylic acids is 5. The van der Waals surface area contributed by atoms with Gasteiger partial charge in [-0.2, -0.15) is 10.2 Å². The number of benzene rings is 4. The molecule has 0 aliphatic carbocycles. The van der Waals surface area contributed by atoms with E-state index < -0.39 is 184 Å². The Labute approximate surface area is 467 Å².